The molecule has 21 heavy (non-hydrogen) atoms. The third kappa shape index (κ3) is 4.08. The molecule has 0 aliphatic rings. The highest BCUT2D eigenvalue weighted by Crippen LogP contribution is 2.24. The van der Waals surface area contributed by atoms with E-state index in [1.165, 1.54) is 0 Å². The van der Waals surface area contributed by atoms with E-state index in [4.69, 9.17) is 0 Å². The van der Waals surface area contributed by atoms with Gasteiger partial charge in [0.15, 0.2) is 0 Å². The van der Waals surface area contributed by atoms with Crippen molar-refractivity contribution in [1.82, 2.24) is 5.32 Å². The van der Waals surface area contributed by atoms with Crippen LogP contribution in [0.1, 0.15) is 21.5 Å². The van der Waals surface area contributed by atoms with Gasteiger partial charge in [0.25, 0.3) is 5.91 Å². The van der Waals surface area contributed by atoms with Crippen LogP contribution in [0, 0.1) is 6.92 Å². The average molecular weight is 412 g/mol. The standard InChI is InChI=1S/C16H16Br2N2O/c1-10-3-5-12(16(21)19-2)8-15(10)20-9-11-4-6-13(17)14(18)7-11/h3-8,20H,9H2,1-2H3,(H,19,21). The molecule has 110 valence electrons. The summed E-state index contributed by atoms with van der Waals surface area (Å²) >= 11 is 6.96. The summed E-state index contributed by atoms with van der Waals surface area (Å²) < 4.78 is 2.06. The summed E-state index contributed by atoms with van der Waals surface area (Å²) in [5, 5.41) is 6.02. The third-order valence-electron chi connectivity index (χ3n) is 3.19. The number of aryl methyl sites for hydroxylation is 1. The first-order valence-electron chi connectivity index (χ1n) is 6.52. The Labute approximate surface area is 141 Å². The normalized spacial score (nSPS) is 10.3. The van der Waals surface area contributed by atoms with E-state index in [2.05, 4.69) is 54.6 Å². The van der Waals surface area contributed by atoms with Crippen LogP contribution in [0.5, 0.6) is 0 Å². The molecule has 5 heteroatoms. The van der Waals surface area contributed by atoms with E-state index in [-0.39, 0.29) is 5.91 Å². The quantitative estimate of drug-likeness (QED) is 0.777. The van der Waals surface area contributed by atoms with Crippen LogP contribution >= 0.6 is 31.9 Å². The lowest BCUT2D eigenvalue weighted by Gasteiger charge is -2.12. The number of hydrogen-bond donors (Lipinski definition) is 2. The fraction of sp³-hybridized carbons (Fsp3) is 0.188. The number of carbonyl (C=O) groups excluding carboxylic acids is 1. The lowest BCUT2D eigenvalue weighted by molar-refractivity contribution is 0.0963. The number of hydrogen-bond acceptors (Lipinski definition) is 2. The molecule has 0 unspecified atom stereocenters. The van der Waals surface area contributed by atoms with Crippen LogP contribution in [0.4, 0.5) is 5.69 Å². The second-order valence-electron chi connectivity index (χ2n) is 4.71. The molecule has 0 aliphatic heterocycles. The molecule has 0 saturated heterocycles. The molecule has 0 aromatic heterocycles. The minimum absolute atomic E-state index is 0.0792. The fourth-order valence-corrected chi connectivity index (χ4v) is 2.62. The minimum atomic E-state index is -0.0792. The maximum atomic E-state index is 11.7. The number of amides is 1. The van der Waals surface area contributed by atoms with Crippen molar-refractivity contribution in [3.8, 4) is 0 Å². The van der Waals surface area contributed by atoms with Gasteiger partial charge in [0, 0.05) is 33.8 Å². The van der Waals surface area contributed by atoms with E-state index in [0.717, 1.165) is 25.8 Å². The number of nitrogens with one attached hydrogen (secondary N) is 2. The summed E-state index contributed by atoms with van der Waals surface area (Å²) in [7, 11) is 1.63. The Balaban J connectivity index is 2.15. The molecule has 2 aromatic carbocycles. The zero-order chi connectivity index (χ0) is 15.4. The van der Waals surface area contributed by atoms with E-state index in [0.29, 0.717) is 12.1 Å². The van der Waals surface area contributed by atoms with Crippen LogP contribution in [0.15, 0.2) is 45.3 Å². The van der Waals surface area contributed by atoms with Crippen molar-refractivity contribution in [2.24, 2.45) is 0 Å². The highest BCUT2D eigenvalue weighted by Gasteiger charge is 2.06. The van der Waals surface area contributed by atoms with Gasteiger partial charge in [-0.25, -0.2) is 0 Å². The van der Waals surface area contributed by atoms with Gasteiger partial charge in [0.2, 0.25) is 0 Å². The summed E-state index contributed by atoms with van der Waals surface area (Å²) in [6.07, 6.45) is 0. The predicted molar refractivity (Wildman–Crippen MR) is 93.7 cm³/mol. The molecule has 2 aromatic rings. The average Bonchev–Trinajstić information content (AvgIpc) is 2.49. The molecule has 2 N–H and O–H groups in total. The summed E-state index contributed by atoms with van der Waals surface area (Å²) in [6, 6.07) is 11.8. The van der Waals surface area contributed by atoms with Crippen LogP contribution in [-0.4, -0.2) is 13.0 Å². The van der Waals surface area contributed by atoms with Crippen molar-refractivity contribution in [3.05, 3.63) is 62.0 Å². The topological polar surface area (TPSA) is 41.1 Å². The van der Waals surface area contributed by atoms with E-state index in [9.17, 15) is 4.79 Å². The molecule has 0 radical (unpaired) electrons. The Morgan fingerprint density at radius 3 is 2.52 bits per heavy atom. The molecule has 0 atom stereocenters. The lowest BCUT2D eigenvalue weighted by atomic mass is 10.1. The molecular formula is C16H16Br2N2O. The minimum Gasteiger partial charge on any atom is -0.381 e. The predicted octanol–water partition coefficient (Wildman–Crippen LogP) is 4.49. The zero-order valence-electron chi connectivity index (χ0n) is 11.8. The van der Waals surface area contributed by atoms with Gasteiger partial charge in [-0.3, -0.25) is 4.79 Å². The summed E-state index contributed by atoms with van der Waals surface area (Å²) in [5.74, 6) is -0.0792. The third-order valence-corrected chi connectivity index (χ3v) is 5.07. The molecule has 0 spiro atoms. The van der Waals surface area contributed by atoms with Gasteiger partial charge in [-0.05, 0) is 74.2 Å². The van der Waals surface area contributed by atoms with Gasteiger partial charge in [0.05, 0.1) is 0 Å². The van der Waals surface area contributed by atoms with Gasteiger partial charge >= 0.3 is 0 Å². The Hall–Kier alpha value is -1.33. The first-order valence-corrected chi connectivity index (χ1v) is 8.10. The number of benzene rings is 2. The maximum absolute atomic E-state index is 11.7. The number of carbonyl (C=O) groups is 1. The molecule has 1 amide bonds. The molecule has 0 bridgehead atoms. The summed E-state index contributed by atoms with van der Waals surface area (Å²) in [4.78, 5) is 11.7. The highest BCUT2D eigenvalue weighted by atomic mass is 79.9. The summed E-state index contributed by atoms with van der Waals surface area (Å²) in [5.41, 5.74) is 3.89. The van der Waals surface area contributed by atoms with Crippen LogP contribution in [0.2, 0.25) is 0 Å². The molecule has 2 rings (SSSR count). The molecule has 0 saturated carbocycles. The fourth-order valence-electron chi connectivity index (χ4n) is 1.94. The smallest absolute Gasteiger partial charge is 0.251 e. The van der Waals surface area contributed by atoms with E-state index >= 15 is 0 Å². The Morgan fingerprint density at radius 1 is 1.10 bits per heavy atom. The lowest BCUT2D eigenvalue weighted by Crippen LogP contribution is -2.18. The second kappa shape index (κ2) is 7.09. The number of anilines is 1. The van der Waals surface area contributed by atoms with Crippen molar-refractivity contribution in [2.45, 2.75) is 13.5 Å². The first-order chi connectivity index (χ1) is 10.0. The highest BCUT2D eigenvalue weighted by molar-refractivity contribution is 9.13. The zero-order valence-corrected chi connectivity index (χ0v) is 15.0. The van der Waals surface area contributed by atoms with Gasteiger partial charge in [-0.2, -0.15) is 0 Å². The Kier molecular flexibility index (Phi) is 5.42. The van der Waals surface area contributed by atoms with Crippen molar-refractivity contribution in [2.75, 3.05) is 12.4 Å². The molecule has 3 nitrogen and oxygen atoms in total. The maximum Gasteiger partial charge on any atom is 0.251 e. The Bertz CT molecular complexity index is 671. The van der Waals surface area contributed by atoms with Crippen molar-refractivity contribution < 1.29 is 4.79 Å². The van der Waals surface area contributed by atoms with Crippen LogP contribution < -0.4 is 10.6 Å². The van der Waals surface area contributed by atoms with E-state index in [1.807, 2.05) is 31.2 Å². The molecule has 0 aliphatic carbocycles. The second-order valence-corrected chi connectivity index (χ2v) is 6.42. The van der Waals surface area contributed by atoms with Crippen molar-refractivity contribution >= 4 is 43.5 Å². The van der Waals surface area contributed by atoms with Crippen LogP contribution in [0.25, 0.3) is 0 Å². The number of halogens is 2. The monoisotopic (exact) mass is 410 g/mol. The van der Waals surface area contributed by atoms with E-state index < -0.39 is 0 Å². The van der Waals surface area contributed by atoms with Gasteiger partial charge in [0.1, 0.15) is 0 Å². The van der Waals surface area contributed by atoms with Crippen molar-refractivity contribution in [3.63, 3.8) is 0 Å². The van der Waals surface area contributed by atoms with Gasteiger partial charge < -0.3 is 10.6 Å². The Morgan fingerprint density at radius 2 is 1.86 bits per heavy atom. The van der Waals surface area contributed by atoms with Crippen LogP contribution in [0.3, 0.4) is 0 Å². The number of rotatable bonds is 4. The van der Waals surface area contributed by atoms with E-state index in [1.54, 1.807) is 7.05 Å². The van der Waals surface area contributed by atoms with Crippen molar-refractivity contribution in [1.29, 1.82) is 0 Å². The van der Waals surface area contributed by atoms with Gasteiger partial charge in [-0.1, -0.05) is 12.1 Å². The molecule has 0 heterocycles. The molecule has 0 fully saturated rings. The van der Waals surface area contributed by atoms with Crippen LogP contribution in [-0.2, 0) is 6.54 Å². The SMILES string of the molecule is CNC(=O)c1ccc(C)c(NCc2ccc(Br)c(Br)c2)c1. The largest absolute Gasteiger partial charge is 0.381 e. The molecular weight excluding hydrogens is 396 g/mol. The van der Waals surface area contributed by atoms with Gasteiger partial charge in [-0.15, -0.1) is 0 Å². The first kappa shape index (κ1) is 16.0. The summed E-state index contributed by atoms with van der Waals surface area (Å²) in [6.45, 7) is 2.72.